The van der Waals surface area contributed by atoms with Gasteiger partial charge >= 0.3 is 5.97 Å². The molecular weight excluding hydrogens is 443 g/mol. The molecule has 0 amide bonds. The van der Waals surface area contributed by atoms with Gasteiger partial charge in [0.05, 0.1) is 0 Å². The van der Waals surface area contributed by atoms with Crippen LogP contribution >= 0.6 is 24.0 Å². The molecule has 6 nitrogen and oxygen atoms in total. The van der Waals surface area contributed by atoms with E-state index < -0.39 is 0 Å². The van der Waals surface area contributed by atoms with Crippen LogP contribution in [0.2, 0.25) is 0 Å². The van der Waals surface area contributed by atoms with Gasteiger partial charge in [-0.15, -0.1) is 24.0 Å². The molecule has 1 aromatic rings. The number of pyridine rings is 1. The Morgan fingerprint density at radius 1 is 1.31 bits per heavy atom. The Kier molecular flexibility index (Phi) is 12.0. The molecule has 2 rings (SSSR count). The number of nitrogens with one attached hydrogen (secondary N) is 2. The van der Waals surface area contributed by atoms with Crippen LogP contribution in [0.25, 0.3) is 0 Å². The number of nitrogens with zero attached hydrogens (tertiary/aromatic N) is 2. The largest absolute Gasteiger partial charge is 0.462 e. The molecule has 0 bridgehead atoms. The van der Waals surface area contributed by atoms with Crippen LogP contribution in [0.5, 0.6) is 0 Å². The highest BCUT2D eigenvalue weighted by atomic mass is 127. The molecule has 1 fully saturated rings. The second kappa shape index (κ2) is 13.8. The van der Waals surface area contributed by atoms with E-state index in [9.17, 15) is 4.79 Å². The third kappa shape index (κ3) is 9.35. The lowest BCUT2D eigenvalue weighted by atomic mass is 10.3. The van der Waals surface area contributed by atoms with Gasteiger partial charge in [0.25, 0.3) is 0 Å². The summed E-state index contributed by atoms with van der Waals surface area (Å²) in [5, 5.41) is 6.52. The molecular formula is C19H31IN4O2. The topological polar surface area (TPSA) is 75.6 Å². The fraction of sp³-hybridized carbons (Fsp3) is 0.632. The van der Waals surface area contributed by atoms with Crippen molar-refractivity contribution >= 4 is 35.9 Å². The van der Waals surface area contributed by atoms with Crippen LogP contribution in [0, 0.1) is 0 Å². The van der Waals surface area contributed by atoms with E-state index in [1.807, 2.05) is 25.1 Å². The van der Waals surface area contributed by atoms with E-state index in [0.717, 1.165) is 44.0 Å². The molecule has 7 heteroatoms. The van der Waals surface area contributed by atoms with Crippen LogP contribution in [0.15, 0.2) is 29.4 Å². The number of ether oxygens (including phenoxy) is 1. The predicted octanol–water partition coefficient (Wildman–Crippen LogP) is 3.06. The molecule has 0 aromatic carbocycles. The normalized spacial score (nSPS) is 14.6. The minimum atomic E-state index is -0.0878. The minimum absolute atomic E-state index is 0. The van der Waals surface area contributed by atoms with Gasteiger partial charge in [0, 0.05) is 44.4 Å². The molecule has 146 valence electrons. The fourth-order valence-electron chi connectivity index (χ4n) is 2.86. The highest BCUT2D eigenvalue weighted by Crippen LogP contribution is 2.21. The molecule has 0 spiro atoms. The standard InChI is InChI=1S/C19H30N4O2.HI/c1-2-20-19(23-15-12-16-8-5-6-13-21-16)22-14-7-11-18(24)25-17-9-3-4-10-17;/h5-6,8,13,17H,2-4,7,9-12,14-15H2,1H3,(H2,20,22,23);1H. The number of halogens is 1. The smallest absolute Gasteiger partial charge is 0.306 e. The number of carbonyl (C=O) groups is 1. The van der Waals surface area contributed by atoms with Crippen LogP contribution in [-0.4, -0.2) is 42.7 Å². The Hall–Kier alpha value is -1.38. The molecule has 1 heterocycles. The summed E-state index contributed by atoms with van der Waals surface area (Å²) in [5.74, 6) is 0.692. The van der Waals surface area contributed by atoms with E-state index in [0.29, 0.717) is 19.4 Å². The molecule has 1 aliphatic rings. The van der Waals surface area contributed by atoms with Crippen LogP contribution in [0.1, 0.15) is 51.1 Å². The second-order valence-electron chi connectivity index (χ2n) is 6.26. The SMILES string of the molecule is CCNC(=NCCCC(=O)OC1CCCC1)NCCc1ccccn1.I. The van der Waals surface area contributed by atoms with Gasteiger partial charge in [-0.05, 0) is 51.2 Å². The lowest BCUT2D eigenvalue weighted by Gasteiger charge is -2.12. The lowest BCUT2D eigenvalue weighted by molar-refractivity contribution is -0.148. The second-order valence-corrected chi connectivity index (χ2v) is 6.26. The maximum atomic E-state index is 11.8. The van der Waals surface area contributed by atoms with Gasteiger partial charge in [0.2, 0.25) is 0 Å². The van der Waals surface area contributed by atoms with Crippen LogP contribution in [0.3, 0.4) is 0 Å². The van der Waals surface area contributed by atoms with Gasteiger partial charge in [-0.1, -0.05) is 6.07 Å². The Balaban J connectivity index is 0.00000338. The first-order valence-corrected chi connectivity index (χ1v) is 9.39. The monoisotopic (exact) mass is 474 g/mol. The molecule has 0 unspecified atom stereocenters. The Labute approximate surface area is 173 Å². The maximum absolute atomic E-state index is 11.8. The lowest BCUT2D eigenvalue weighted by Crippen LogP contribution is -2.38. The average molecular weight is 474 g/mol. The van der Waals surface area contributed by atoms with E-state index in [4.69, 9.17) is 4.74 Å². The van der Waals surface area contributed by atoms with Gasteiger partial charge < -0.3 is 15.4 Å². The number of guanidine groups is 1. The van der Waals surface area contributed by atoms with Crippen molar-refractivity contribution in [1.29, 1.82) is 0 Å². The number of rotatable bonds is 9. The summed E-state index contributed by atoms with van der Waals surface area (Å²) < 4.78 is 5.45. The number of esters is 1. The first-order chi connectivity index (χ1) is 12.3. The summed E-state index contributed by atoms with van der Waals surface area (Å²) in [7, 11) is 0. The summed E-state index contributed by atoms with van der Waals surface area (Å²) in [6.45, 7) is 4.22. The summed E-state index contributed by atoms with van der Waals surface area (Å²) in [6, 6.07) is 5.92. The predicted molar refractivity (Wildman–Crippen MR) is 115 cm³/mol. The highest BCUT2D eigenvalue weighted by Gasteiger charge is 2.18. The molecule has 0 radical (unpaired) electrons. The van der Waals surface area contributed by atoms with E-state index in [1.54, 1.807) is 6.20 Å². The molecule has 0 saturated heterocycles. The van der Waals surface area contributed by atoms with Crippen molar-refractivity contribution in [2.45, 2.75) is 58.0 Å². The summed E-state index contributed by atoms with van der Waals surface area (Å²) in [4.78, 5) is 20.6. The van der Waals surface area contributed by atoms with Gasteiger partial charge in [0.15, 0.2) is 5.96 Å². The fourth-order valence-corrected chi connectivity index (χ4v) is 2.86. The number of hydrogen-bond acceptors (Lipinski definition) is 4. The van der Waals surface area contributed by atoms with Crippen LogP contribution < -0.4 is 10.6 Å². The molecule has 0 atom stereocenters. The Morgan fingerprint density at radius 2 is 2.12 bits per heavy atom. The van der Waals surface area contributed by atoms with Gasteiger partial charge in [-0.3, -0.25) is 14.8 Å². The molecule has 1 saturated carbocycles. The summed E-state index contributed by atoms with van der Waals surface area (Å²) in [6.07, 6.45) is 8.36. The minimum Gasteiger partial charge on any atom is -0.462 e. The molecule has 1 aliphatic carbocycles. The van der Waals surface area contributed by atoms with Crippen molar-refractivity contribution in [2.75, 3.05) is 19.6 Å². The van der Waals surface area contributed by atoms with Crippen molar-refractivity contribution in [3.63, 3.8) is 0 Å². The molecule has 0 aliphatic heterocycles. The van der Waals surface area contributed by atoms with Crippen molar-refractivity contribution < 1.29 is 9.53 Å². The zero-order chi connectivity index (χ0) is 17.7. The van der Waals surface area contributed by atoms with Crippen LogP contribution in [0.4, 0.5) is 0 Å². The number of aromatic nitrogens is 1. The van der Waals surface area contributed by atoms with Crippen molar-refractivity contribution in [1.82, 2.24) is 15.6 Å². The van der Waals surface area contributed by atoms with E-state index >= 15 is 0 Å². The van der Waals surface area contributed by atoms with Crippen molar-refractivity contribution in [2.24, 2.45) is 4.99 Å². The third-order valence-corrected chi connectivity index (χ3v) is 4.15. The zero-order valence-electron chi connectivity index (χ0n) is 15.6. The van der Waals surface area contributed by atoms with Gasteiger partial charge in [-0.25, -0.2) is 0 Å². The molecule has 26 heavy (non-hydrogen) atoms. The maximum Gasteiger partial charge on any atom is 0.306 e. The van der Waals surface area contributed by atoms with Gasteiger partial charge in [0.1, 0.15) is 6.10 Å². The number of aliphatic imine (C=N–C) groups is 1. The zero-order valence-corrected chi connectivity index (χ0v) is 17.9. The number of carbonyl (C=O) groups excluding carboxylic acids is 1. The van der Waals surface area contributed by atoms with Crippen molar-refractivity contribution in [3.8, 4) is 0 Å². The molecule has 1 aromatic heterocycles. The van der Waals surface area contributed by atoms with Crippen molar-refractivity contribution in [3.05, 3.63) is 30.1 Å². The molecule has 2 N–H and O–H groups in total. The van der Waals surface area contributed by atoms with Crippen LogP contribution in [-0.2, 0) is 16.0 Å². The van der Waals surface area contributed by atoms with E-state index in [1.165, 1.54) is 12.8 Å². The summed E-state index contributed by atoms with van der Waals surface area (Å²) >= 11 is 0. The Bertz CT molecular complexity index is 534. The first kappa shape index (κ1) is 22.7. The number of hydrogen-bond donors (Lipinski definition) is 2. The van der Waals surface area contributed by atoms with Gasteiger partial charge in [-0.2, -0.15) is 0 Å². The van der Waals surface area contributed by atoms with E-state index in [-0.39, 0.29) is 36.0 Å². The van der Waals surface area contributed by atoms with E-state index in [2.05, 4.69) is 20.6 Å². The quantitative estimate of drug-likeness (QED) is 0.189. The first-order valence-electron chi connectivity index (χ1n) is 9.39. The third-order valence-electron chi connectivity index (χ3n) is 4.15. The average Bonchev–Trinajstić information content (AvgIpc) is 3.12. The Morgan fingerprint density at radius 3 is 2.81 bits per heavy atom. The summed E-state index contributed by atoms with van der Waals surface area (Å²) in [5.41, 5.74) is 1.06. The highest BCUT2D eigenvalue weighted by molar-refractivity contribution is 14.0.